The molecule has 0 unspecified atom stereocenters. The molecular weight excluding hydrogens is 178 g/mol. The molecule has 1 heterocycles. The first kappa shape index (κ1) is 10.4. The number of rotatable bonds is 5. The maximum Gasteiger partial charge on any atom is 0.212 e. The molecule has 5 heteroatoms. The van der Waals surface area contributed by atoms with Gasteiger partial charge in [0.2, 0.25) is 5.82 Å². The smallest absolute Gasteiger partial charge is 0.212 e. The first-order valence-corrected chi connectivity index (χ1v) is 4.68. The Labute approximate surface area is 82.6 Å². The Morgan fingerprint density at radius 1 is 1.57 bits per heavy atom. The van der Waals surface area contributed by atoms with Crippen molar-refractivity contribution in [3.63, 3.8) is 0 Å². The van der Waals surface area contributed by atoms with Crippen molar-refractivity contribution in [3.05, 3.63) is 11.3 Å². The van der Waals surface area contributed by atoms with Crippen LogP contribution in [-0.4, -0.2) is 10.2 Å². The lowest BCUT2D eigenvalue weighted by Gasteiger charge is -1.95. The third kappa shape index (κ3) is 2.16. The summed E-state index contributed by atoms with van der Waals surface area (Å²) in [6, 6.07) is 2.01. The largest absolute Gasteiger partial charge is 0.279 e. The molecule has 0 fully saturated rings. The SMILES string of the molecule is CCCCCc1[nH]nc(N=N)c1C#N. The quantitative estimate of drug-likeness (QED) is 0.553. The van der Waals surface area contributed by atoms with Crippen LogP contribution < -0.4 is 0 Å². The molecule has 5 nitrogen and oxygen atoms in total. The van der Waals surface area contributed by atoms with Crippen LogP contribution in [0.25, 0.3) is 0 Å². The van der Waals surface area contributed by atoms with Gasteiger partial charge in [0.25, 0.3) is 0 Å². The molecule has 0 aromatic carbocycles. The Hall–Kier alpha value is -1.70. The van der Waals surface area contributed by atoms with Gasteiger partial charge in [0.05, 0.1) is 5.69 Å². The Morgan fingerprint density at radius 3 is 2.93 bits per heavy atom. The monoisotopic (exact) mass is 191 g/mol. The van der Waals surface area contributed by atoms with Gasteiger partial charge in [0.15, 0.2) is 0 Å². The van der Waals surface area contributed by atoms with Crippen LogP contribution in [0.2, 0.25) is 0 Å². The molecule has 74 valence electrons. The molecule has 0 spiro atoms. The molecule has 0 saturated heterocycles. The van der Waals surface area contributed by atoms with Crippen molar-refractivity contribution in [1.29, 1.82) is 10.8 Å². The minimum absolute atomic E-state index is 0.194. The van der Waals surface area contributed by atoms with E-state index in [0.29, 0.717) is 5.56 Å². The predicted molar refractivity (Wildman–Crippen MR) is 51.3 cm³/mol. The Kier molecular flexibility index (Phi) is 3.80. The van der Waals surface area contributed by atoms with Gasteiger partial charge >= 0.3 is 0 Å². The highest BCUT2D eigenvalue weighted by molar-refractivity contribution is 5.49. The summed E-state index contributed by atoms with van der Waals surface area (Å²) < 4.78 is 0. The van der Waals surface area contributed by atoms with Gasteiger partial charge < -0.3 is 0 Å². The van der Waals surface area contributed by atoms with E-state index in [1.165, 1.54) is 0 Å². The molecule has 0 aliphatic heterocycles. The van der Waals surface area contributed by atoms with Crippen LogP contribution in [0.3, 0.4) is 0 Å². The number of aromatic amines is 1. The summed E-state index contributed by atoms with van der Waals surface area (Å²) in [6.07, 6.45) is 4.12. The number of nitrogens with zero attached hydrogens (tertiary/aromatic N) is 3. The zero-order valence-corrected chi connectivity index (χ0v) is 8.17. The summed E-state index contributed by atoms with van der Waals surface area (Å²) in [5, 5.41) is 18.5. The van der Waals surface area contributed by atoms with Gasteiger partial charge in [-0.05, 0) is 12.8 Å². The molecule has 0 bridgehead atoms. The summed E-state index contributed by atoms with van der Waals surface area (Å²) in [5.41, 5.74) is 8.02. The number of aryl methyl sites for hydroxylation is 1. The number of hydrogen-bond acceptors (Lipinski definition) is 4. The normalized spacial score (nSPS) is 9.71. The third-order valence-corrected chi connectivity index (χ3v) is 2.07. The van der Waals surface area contributed by atoms with Crippen LogP contribution in [0.15, 0.2) is 5.11 Å². The van der Waals surface area contributed by atoms with E-state index in [-0.39, 0.29) is 5.82 Å². The van der Waals surface area contributed by atoms with Gasteiger partial charge in [0, 0.05) is 0 Å². The maximum atomic E-state index is 8.82. The van der Waals surface area contributed by atoms with Crippen LogP contribution in [0.4, 0.5) is 5.82 Å². The van der Waals surface area contributed by atoms with E-state index in [4.69, 9.17) is 10.8 Å². The lowest BCUT2D eigenvalue weighted by Crippen LogP contribution is -1.88. The van der Waals surface area contributed by atoms with Crippen LogP contribution in [0.5, 0.6) is 0 Å². The molecule has 2 N–H and O–H groups in total. The zero-order valence-electron chi connectivity index (χ0n) is 8.17. The summed E-state index contributed by atoms with van der Waals surface area (Å²) in [5.74, 6) is 0.194. The Morgan fingerprint density at radius 2 is 2.36 bits per heavy atom. The molecule has 0 aliphatic rings. The number of H-pyrrole nitrogens is 1. The fourth-order valence-corrected chi connectivity index (χ4v) is 1.30. The highest BCUT2D eigenvalue weighted by atomic mass is 15.2. The van der Waals surface area contributed by atoms with E-state index in [1.54, 1.807) is 0 Å². The molecule has 1 aromatic rings. The molecule has 0 radical (unpaired) electrons. The Balaban J connectivity index is 2.72. The highest BCUT2D eigenvalue weighted by Gasteiger charge is 2.11. The Bertz CT molecular complexity index is 347. The average molecular weight is 191 g/mol. The first-order valence-electron chi connectivity index (χ1n) is 4.68. The number of hydrogen-bond donors (Lipinski definition) is 2. The summed E-state index contributed by atoms with van der Waals surface area (Å²) in [6.45, 7) is 2.13. The van der Waals surface area contributed by atoms with Crippen molar-refractivity contribution in [1.82, 2.24) is 10.2 Å². The number of aromatic nitrogens is 2. The van der Waals surface area contributed by atoms with Crippen molar-refractivity contribution in [2.24, 2.45) is 5.11 Å². The molecule has 0 aliphatic carbocycles. The lowest BCUT2D eigenvalue weighted by molar-refractivity contribution is 0.704. The van der Waals surface area contributed by atoms with Crippen molar-refractivity contribution < 1.29 is 0 Å². The first-order chi connectivity index (χ1) is 6.83. The molecule has 1 aromatic heterocycles. The average Bonchev–Trinajstić information content (AvgIpc) is 2.60. The van der Waals surface area contributed by atoms with Gasteiger partial charge in [-0.3, -0.25) is 5.10 Å². The third-order valence-electron chi connectivity index (χ3n) is 2.07. The standard InChI is InChI=1S/C9H13N5/c1-2-3-4-5-8-7(6-10)9(12-11)14-13-8/h11H,2-5H2,1H3,(H,13,14). The van der Waals surface area contributed by atoms with E-state index in [9.17, 15) is 0 Å². The van der Waals surface area contributed by atoms with Crippen molar-refractivity contribution in [2.75, 3.05) is 0 Å². The molecule has 14 heavy (non-hydrogen) atoms. The summed E-state index contributed by atoms with van der Waals surface area (Å²) in [7, 11) is 0. The van der Waals surface area contributed by atoms with Crippen LogP contribution in [0.1, 0.15) is 37.4 Å². The van der Waals surface area contributed by atoms with Crippen molar-refractivity contribution >= 4 is 5.82 Å². The van der Waals surface area contributed by atoms with E-state index in [0.717, 1.165) is 31.4 Å². The fraction of sp³-hybridized carbons (Fsp3) is 0.556. The summed E-state index contributed by atoms with van der Waals surface area (Å²) >= 11 is 0. The van der Waals surface area contributed by atoms with E-state index < -0.39 is 0 Å². The van der Waals surface area contributed by atoms with Crippen LogP contribution in [-0.2, 0) is 6.42 Å². The van der Waals surface area contributed by atoms with Crippen LogP contribution >= 0.6 is 0 Å². The fourth-order valence-electron chi connectivity index (χ4n) is 1.30. The topological polar surface area (TPSA) is 88.7 Å². The number of nitriles is 1. The van der Waals surface area contributed by atoms with Gasteiger partial charge in [0.1, 0.15) is 11.6 Å². The van der Waals surface area contributed by atoms with Gasteiger partial charge in [-0.2, -0.15) is 10.4 Å². The second kappa shape index (κ2) is 5.12. The molecule has 1 rings (SSSR count). The highest BCUT2D eigenvalue weighted by Crippen LogP contribution is 2.19. The van der Waals surface area contributed by atoms with Crippen LogP contribution in [0, 0.1) is 16.9 Å². The van der Waals surface area contributed by atoms with Gasteiger partial charge in [-0.25, -0.2) is 5.53 Å². The van der Waals surface area contributed by atoms with Crippen molar-refractivity contribution in [2.45, 2.75) is 32.6 Å². The summed E-state index contributed by atoms with van der Waals surface area (Å²) in [4.78, 5) is 0. The second-order valence-corrected chi connectivity index (χ2v) is 3.08. The second-order valence-electron chi connectivity index (χ2n) is 3.08. The number of unbranched alkanes of at least 4 members (excludes halogenated alkanes) is 2. The predicted octanol–water partition coefficient (Wildman–Crippen LogP) is 2.68. The van der Waals surface area contributed by atoms with Gasteiger partial charge in [-0.1, -0.05) is 19.8 Å². The van der Waals surface area contributed by atoms with Gasteiger partial charge in [-0.15, -0.1) is 5.11 Å². The number of nitrogens with one attached hydrogen (secondary N) is 2. The van der Waals surface area contributed by atoms with Crippen molar-refractivity contribution in [3.8, 4) is 6.07 Å². The minimum atomic E-state index is 0.194. The molecule has 0 amide bonds. The minimum Gasteiger partial charge on any atom is -0.279 e. The lowest BCUT2D eigenvalue weighted by atomic mass is 10.1. The molecule has 0 atom stereocenters. The molecular formula is C9H13N5. The maximum absolute atomic E-state index is 8.82. The van der Waals surface area contributed by atoms with E-state index in [2.05, 4.69) is 22.2 Å². The zero-order chi connectivity index (χ0) is 10.4. The van der Waals surface area contributed by atoms with E-state index >= 15 is 0 Å². The van der Waals surface area contributed by atoms with E-state index in [1.807, 2.05) is 6.07 Å². The molecule has 0 saturated carbocycles.